The first-order valence-corrected chi connectivity index (χ1v) is 7.25. The normalized spacial score (nSPS) is 16.8. The van der Waals surface area contributed by atoms with Gasteiger partial charge in [0.2, 0.25) is 0 Å². The summed E-state index contributed by atoms with van der Waals surface area (Å²) in [4.78, 5) is 6.87. The van der Waals surface area contributed by atoms with Gasteiger partial charge in [-0.05, 0) is 31.4 Å². The van der Waals surface area contributed by atoms with E-state index in [2.05, 4.69) is 16.8 Å². The summed E-state index contributed by atoms with van der Waals surface area (Å²) in [6, 6.07) is 2.67. The van der Waals surface area contributed by atoms with Gasteiger partial charge < -0.3 is 10.6 Å². The summed E-state index contributed by atoms with van der Waals surface area (Å²) in [6.45, 7) is 3.65. The standard InChI is InChI=1S/C14H22ClN3/c1-2-18(12-6-4-3-5-7-12)14-8-11(9-16)13(15)10-17-14/h8,10,12H,2-7,9,16H2,1H3. The molecule has 1 aromatic rings. The van der Waals surface area contributed by atoms with Gasteiger partial charge in [-0.2, -0.15) is 0 Å². The van der Waals surface area contributed by atoms with Gasteiger partial charge in [-0.3, -0.25) is 0 Å². The van der Waals surface area contributed by atoms with Gasteiger partial charge in [-0.15, -0.1) is 0 Å². The van der Waals surface area contributed by atoms with Crippen molar-refractivity contribution in [1.82, 2.24) is 4.98 Å². The number of hydrogen-bond donors (Lipinski definition) is 1. The molecular weight excluding hydrogens is 246 g/mol. The molecule has 1 heterocycles. The predicted octanol–water partition coefficient (Wildman–Crippen LogP) is 3.35. The first-order chi connectivity index (χ1) is 8.76. The van der Waals surface area contributed by atoms with Crippen molar-refractivity contribution in [3.05, 3.63) is 22.8 Å². The maximum Gasteiger partial charge on any atom is 0.129 e. The Bertz CT molecular complexity index is 389. The zero-order valence-corrected chi connectivity index (χ0v) is 11.8. The molecule has 1 aliphatic rings. The van der Waals surface area contributed by atoms with Gasteiger partial charge in [0.15, 0.2) is 0 Å². The molecule has 0 bridgehead atoms. The fourth-order valence-corrected chi connectivity index (χ4v) is 2.96. The lowest BCUT2D eigenvalue weighted by Gasteiger charge is -2.34. The van der Waals surface area contributed by atoms with E-state index < -0.39 is 0 Å². The van der Waals surface area contributed by atoms with E-state index in [-0.39, 0.29) is 0 Å². The number of nitrogens with zero attached hydrogens (tertiary/aromatic N) is 2. The van der Waals surface area contributed by atoms with Gasteiger partial charge in [-0.25, -0.2) is 4.98 Å². The second kappa shape index (κ2) is 6.39. The fraction of sp³-hybridized carbons (Fsp3) is 0.643. The lowest BCUT2D eigenvalue weighted by molar-refractivity contribution is 0.416. The van der Waals surface area contributed by atoms with Crippen LogP contribution in [0.1, 0.15) is 44.6 Å². The van der Waals surface area contributed by atoms with Gasteiger partial charge >= 0.3 is 0 Å². The highest BCUT2D eigenvalue weighted by Gasteiger charge is 2.21. The number of rotatable bonds is 4. The molecule has 2 rings (SSSR count). The largest absolute Gasteiger partial charge is 0.354 e. The predicted molar refractivity (Wildman–Crippen MR) is 77.0 cm³/mol. The van der Waals surface area contributed by atoms with Crippen molar-refractivity contribution in [3.8, 4) is 0 Å². The number of pyridine rings is 1. The molecule has 0 aliphatic heterocycles. The smallest absolute Gasteiger partial charge is 0.129 e. The van der Waals surface area contributed by atoms with Crippen molar-refractivity contribution in [2.24, 2.45) is 5.73 Å². The van der Waals surface area contributed by atoms with Crippen LogP contribution in [0.25, 0.3) is 0 Å². The Labute approximate surface area is 114 Å². The Morgan fingerprint density at radius 3 is 2.72 bits per heavy atom. The van der Waals surface area contributed by atoms with E-state index in [4.69, 9.17) is 17.3 Å². The average molecular weight is 268 g/mol. The number of hydrogen-bond acceptors (Lipinski definition) is 3. The molecule has 1 fully saturated rings. The third-order valence-corrected chi connectivity index (χ3v) is 4.13. The minimum atomic E-state index is 0.469. The second-order valence-corrected chi connectivity index (χ2v) is 5.32. The third kappa shape index (κ3) is 2.96. The highest BCUT2D eigenvalue weighted by atomic mass is 35.5. The molecule has 0 spiro atoms. The second-order valence-electron chi connectivity index (χ2n) is 4.92. The van der Waals surface area contributed by atoms with Gasteiger partial charge in [0.1, 0.15) is 5.82 Å². The van der Waals surface area contributed by atoms with Crippen LogP contribution in [0.3, 0.4) is 0 Å². The van der Waals surface area contributed by atoms with Crippen LogP contribution in [0.5, 0.6) is 0 Å². The van der Waals surface area contributed by atoms with Gasteiger partial charge in [0.05, 0.1) is 5.02 Å². The first-order valence-electron chi connectivity index (χ1n) is 6.87. The number of anilines is 1. The minimum Gasteiger partial charge on any atom is -0.354 e. The van der Waals surface area contributed by atoms with E-state index in [1.54, 1.807) is 6.20 Å². The van der Waals surface area contributed by atoms with Crippen LogP contribution in [0.2, 0.25) is 5.02 Å². The summed E-state index contributed by atoms with van der Waals surface area (Å²) in [5.41, 5.74) is 6.69. The van der Waals surface area contributed by atoms with Crippen LogP contribution < -0.4 is 10.6 Å². The molecule has 4 heteroatoms. The lowest BCUT2D eigenvalue weighted by Crippen LogP contribution is -2.37. The van der Waals surface area contributed by atoms with Crippen molar-refractivity contribution in [3.63, 3.8) is 0 Å². The van der Waals surface area contributed by atoms with Gasteiger partial charge in [0.25, 0.3) is 0 Å². The highest BCUT2D eigenvalue weighted by molar-refractivity contribution is 6.31. The molecule has 18 heavy (non-hydrogen) atoms. The molecule has 1 saturated carbocycles. The fourth-order valence-electron chi connectivity index (χ4n) is 2.78. The summed E-state index contributed by atoms with van der Waals surface area (Å²) in [5.74, 6) is 1.02. The molecule has 0 saturated heterocycles. The summed E-state index contributed by atoms with van der Waals surface area (Å²) < 4.78 is 0. The molecular formula is C14H22ClN3. The molecule has 2 N–H and O–H groups in total. The Morgan fingerprint density at radius 2 is 2.11 bits per heavy atom. The van der Waals surface area contributed by atoms with Crippen molar-refractivity contribution >= 4 is 17.4 Å². The maximum absolute atomic E-state index is 6.07. The van der Waals surface area contributed by atoms with Crippen LogP contribution >= 0.6 is 11.6 Å². The Hall–Kier alpha value is -0.800. The third-order valence-electron chi connectivity index (χ3n) is 3.79. The van der Waals surface area contributed by atoms with Crippen LogP contribution in [-0.2, 0) is 6.54 Å². The lowest BCUT2D eigenvalue weighted by atomic mass is 9.94. The number of nitrogens with two attached hydrogens (primary N) is 1. The highest BCUT2D eigenvalue weighted by Crippen LogP contribution is 2.27. The van der Waals surface area contributed by atoms with Crippen molar-refractivity contribution in [2.45, 2.75) is 51.6 Å². The summed E-state index contributed by atoms with van der Waals surface area (Å²) in [7, 11) is 0. The molecule has 0 radical (unpaired) electrons. The Kier molecular flexibility index (Phi) is 4.84. The average Bonchev–Trinajstić information content (AvgIpc) is 2.42. The SMILES string of the molecule is CCN(c1cc(CN)c(Cl)cn1)C1CCCCC1. The number of halogens is 1. The molecule has 100 valence electrons. The van der Waals surface area contributed by atoms with Crippen LogP contribution in [0.4, 0.5) is 5.82 Å². The van der Waals surface area contributed by atoms with Crippen LogP contribution in [-0.4, -0.2) is 17.6 Å². The quantitative estimate of drug-likeness (QED) is 0.910. The Morgan fingerprint density at radius 1 is 1.39 bits per heavy atom. The van der Waals surface area contributed by atoms with Gasteiger partial charge in [0, 0.05) is 25.3 Å². The van der Waals surface area contributed by atoms with Crippen LogP contribution in [0.15, 0.2) is 12.3 Å². The zero-order chi connectivity index (χ0) is 13.0. The first kappa shape index (κ1) is 13.6. The van der Waals surface area contributed by atoms with E-state index in [0.29, 0.717) is 17.6 Å². The van der Waals surface area contributed by atoms with E-state index in [1.807, 2.05) is 6.07 Å². The summed E-state index contributed by atoms with van der Waals surface area (Å²) in [6.07, 6.45) is 8.31. The monoisotopic (exact) mass is 267 g/mol. The molecule has 3 nitrogen and oxygen atoms in total. The van der Waals surface area contributed by atoms with E-state index in [1.165, 1.54) is 32.1 Å². The molecule has 0 unspecified atom stereocenters. The minimum absolute atomic E-state index is 0.469. The van der Waals surface area contributed by atoms with E-state index in [0.717, 1.165) is 17.9 Å². The topological polar surface area (TPSA) is 42.1 Å². The van der Waals surface area contributed by atoms with E-state index >= 15 is 0 Å². The van der Waals surface area contributed by atoms with Crippen molar-refractivity contribution in [2.75, 3.05) is 11.4 Å². The summed E-state index contributed by atoms with van der Waals surface area (Å²) >= 11 is 6.07. The molecule has 0 atom stereocenters. The van der Waals surface area contributed by atoms with Crippen molar-refractivity contribution < 1.29 is 0 Å². The molecule has 1 aliphatic carbocycles. The van der Waals surface area contributed by atoms with Crippen molar-refractivity contribution in [1.29, 1.82) is 0 Å². The maximum atomic E-state index is 6.07. The summed E-state index contributed by atoms with van der Waals surface area (Å²) in [5, 5.41) is 0.668. The molecule has 0 amide bonds. The zero-order valence-electron chi connectivity index (χ0n) is 11.0. The molecule has 0 aromatic carbocycles. The van der Waals surface area contributed by atoms with Crippen LogP contribution in [0, 0.1) is 0 Å². The Balaban J connectivity index is 2.20. The number of aromatic nitrogens is 1. The molecule has 1 aromatic heterocycles. The van der Waals surface area contributed by atoms with E-state index in [9.17, 15) is 0 Å². The van der Waals surface area contributed by atoms with Gasteiger partial charge in [-0.1, -0.05) is 30.9 Å².